The summed E-state index contributed by atoms with van der Waals surface area (Å²) < 4.78 is 5.34. The number of halogens is 1. The van der Waals surface area contributed by atoms with Crippen LogP contribution < -0.4 is 10.1 Å². The van der Waals surface area contributed by atoms with Crippen molar-refractivity contribution in [2.75, 3.05) is 17.3 Å². The van der Waals surface area contributed by atoms with Crippen LogP contribution in [0.2, 0.25) is 0 Å². The molecule has 0 heterocycles. The van der Waals surface area contributed by atoms with Gasteiger partial charge in [-0.1, -0.05) is 15.9 Å². The third-order valence-corrected chi connectivity index (χ3v) is 2.14. The fourth-order valence-corrected chi connectivity index (χ4v) is 1.36. The van der Waals surface area contributed by atoms with Gasteiger partial charge in [0, 0.05) is 24.4 Å². The van der Waals surface area contributed by atoms with Gasteiger partial charge in [-0.3, -0.25) is 14.9 Å². The SMILES string of the molecule is CC(=O)Nc1cc([N+](=O)[O-])ccc1OCCBr. The van der Waals surface area contributed by atoms with E-state index in [-0.39, 0.29) is 11.6 Å². The number of hydrogen-bond acceptors (Lipinski definition) is 4. The largest absolute Gasteiger partial charge is 0.491 e. The number of non-ortho nitro benzene ring substituents is 1. The van der Waals surface area contributed by atoms with Gasteiger partial charge in [0.05, 0.1) is 17.2 Å². The second-order valence-corrected chi connectivity index (χ2v) is 3.95. The Balaban J connectivity index is 3.02. The second-order valence-electron chi connectivity index (χ2n) is 3.16. The molecule has 0 aliphatic heterocycles. The van der Waals surface area contributed by atoms with Gasteiger partial charge in [0.1, 0.15) is 5.75 Å². The lowest BCUT2D eigenvalue weighted by molar-refractivity contribution is -0.384. The maximum absolute atomic E-state index is 11.0. The van der Waals surface area contributed by atoms with E-state index >= 15 is 0 Å². The normalized spacial score (nSPS) is 9.76. The van der Waals surface area contributed by atoms with Crippen LogP contribution in [-0.4, -0.2) is 22.8 Å². The highest BCUT2D eigenvalue weighted by Gasteiger charge is 2.12. The first-order valence-corrected chi connectivity index (χ1v) is 5.91. The van der Waals surface area contributed by atoms with E-state index in [1.807, 2.05) is 0 Å². The van der Waals surface area contributed by atoms with Gasteiger partial charge in [0.25, 0.3) is 5.69 Å². The van der Waals surface area contributed by atoms with Crippen molar-refractivity contribution in [2.45, 2.75) is 6.92 Å². The van der Waals surface area contributed by atoms with Gasteiger partial charge < -0.3 is 10.1 Å². The highest BCUT2D eigenvalue weighted by Crippen LogP contribution is 2.29. The monoisotopic (exact) mass is 302 g/mol. The molecule has 6 nitrogen and oxygen atoms in total. The molecule has 1 rings (SSSR count). The van der Waals surface area contributed by atoms with Crippen molar-refractivity contribution >= 4 is 33.2 Å². The van der Waals surface area contributed by atoms with Crippen LogP contribution in [0.15, 0.2) is 18.2 Å². The van der Waals surface area contributed by atoms with Crippen LogP contribution >= 0.6 is 15.9 Å². The number of rotatable bonds is 5. The molecule has 0 fully saturated rings. The van der Waals surface area contributed by atoms with Crippen LogP contribution in [0.5, 0.6) is 5.75 Å². The highest BCUT2D eigenvalue weighted by atomic mass is 79.9. The molecule has 0 bridgehead atoms. The van der Waals surface area contributed by atoms with Crippen LogP contribution in [-0.2, 0) is 4.79 Å². The molecule has 0 aromatic heterocycles. The standard InChI is InChI=1S/C10H11BrN2O4/c1-7(14)12-9-6-8(13(15)16)2-3-10(9)17-5-4-11/h2-3,6H,4-5H2,1H3,(H,12,14). The van der Waals surface area contributed by atoms with Gasteiger partial charge in [-0.2, -0.15) is 0 Å². The third-order valence-electron chi connectivity index (χ3n) is 1.82. The fourth-order valence-electron chi connectivity index (χ4n) is 1.19. The van der Waals surface area contributed by atoms with Crippen LogP contribution in [0.4, 0.5) is 11.4 Å². The van der Waals surface area contributed by atoms with Crippen molar-refractivity contribution in [1.82, 2.24) is 0 Å². The van der Waals surface area contributed by atoms with Gasteiger partial charge in [-0.05, 0) is 6.07 Å². The van der Waals surface area contributed by atoms with E-state index in [0.29, 0.717) is 23.4 Å². The number of nitrogens with one attached hydrogen (secondary N) is 1. The van der Waals surface area contributed by atoms with Crippen molar-refractivity contribution in [3.8, 4) is 5.75 Å². The Morgan fingerprint density at radius 2 is 2.29 bits per heavy atom. The van der Waals surface area contributed by atoms with Crippen molar-refractivity contribution in [1.29, 1.82) is 0 Å². The predicted molar refractivity (Wildman–Crippen MR) is 66.7 cm³/mol. The summed E-state index contributed by atoms with van der Waals surface area (Å²) in [6, 6.07) is 4.06. The predicted octanol–water partition coefficient (Wildman–Crippen LogP) is 2.33. The molecule has 1 amide bonds. The van der Waals surface area contributed by atoms with E-state index in [2.05, 4.69) is 21.2 Å². The van der Waals surface area contributed by atoms with Crippen LogP contribution in [0.1, 0.15) is 6.92 Å². The van der Waals surface area contributed by atoms with Gasteiger partial charge in [0.15, 0.2) is 0 Å². The number of anilines is 1. The number of alkyl halides is 1. The Labute approximate surface area is 106 Å². The number of ether oxygens (including phenoxy) is 1. The summed E-state index contributed by atoms with van der Waals surface area (Å²) in [6.45, 7) is 1.73. The molecule has 0 aliphatic carbocycles. The number of amides is 1. The first kappa shape index (κ1) is 13.4. The van der Waals surface area contributed by atoms with Crippen LogP contribution in [0, 0.1) is 10.1 Å². The van der Waals surface area contributed by atoms with Crippen LogP contribution in [0.25, 0.3) is 0 Å². The quantitative estimate of drug-likeness (QED) is 0.514. The van der Waals surface area contributed by atoms with E-state index in [0.717, 1.165) is 0 Å². The Morgan fingerprint density at radius 1 is 1.59 bits per heavy atom. The summed E-state index contributed by atoms with van der Waals surface area (Å²) in [4.78, 5) is 21.1. The zero-order valence-electron chi connectivity index (χ0n) is 9.10. The summed E-state index contributed by atoms with van der Waals surface area (Å²) in [5, 5.41) is 13.7. The Hall–Kier alpha value is -1.63. The van der Waals surface area contributed by atoms with Crippen molar-refractivity contribution in [3.63, 3.8) is 0 Å². The van der Waals surface area contributed by atoms with Crippen LogP contribution in [0.3, 0.4) is 0 Å². The Kier molecular flexibility index (Phi) is 4.89. The number of hydrogen-bond donors (Lipinski definition) is 1. The van der Waals surface area contributed by atoms with Gasteiger partial charge in [-0.25, -0.2) is 0 Å². The lowest BCUT2D eigenvalue weighted by atomic mass is 10.2. The zero-order chi connectivity index (χ0) is 12.8. The average molecular weight is 303 g/mol. The summed E-state index contributed by atoms with van der Waals surface area (Å²) in [7, 11) is 0. The number of carbonyl (C=O) groups excluding carboxylic acids is 1. The zero-order valence-corrected chi connectivity index (χ0v) is 10.7. The molecule has 92 valence electrons. The van der Waals surface area contributed by atoms with E-state index in [1.165, 1.54) is 25.1 Å². The van der Waals surface area contributed by atoms with Gasteiger partial charge in [0.2, 0.25) is 5.91 Å². The molecule has 0 spiro atoms. The molecule has 1 aromatic carbocycles. The number of benzene rings is 1. The van der Waals surface area contributed by atoms with Gasteiger partial charge in [-0.15, -0.1) is 0 Å². The molecule has 0 aliphatic rings. The molecule has 0 atom stereocenters. The van der Waals surface area contributed by atoms with Crippen molar-refractivity contribution in [3.05, 3.63) is 28.3 Å². The molecular weight excluding hydrogens is 292 g/mol. The Bertz CT molecular complexity index is 436. The lowest BCUT2D eigenvalue weighted by Gasteiger charge is -2.10. The smallest absolute Gasteiger partial charge is 0.271 e. The number of nitrogens with zero attached hydrogens (tertiary/aromatic N) is 1. The van der Waals surface area contributed by atoms with E-state index in [9.17, 15) is 14.9 Å². The molecule has 0 saturated carbocycles. The Morgan fingerprint density at radius 3 is 2.82 bits per heavy atom. The minimum atomic E-state index is -0.528. The van der Waals surface area contributed by atoms with Crippen molar-refractivity contribution < 1.29 is 14.5 Å². The number of nitro benzene ring substituents is 1. The minimum absolute atomic E-state index is 0.0973. The maximum Gasteiger partial charge on any atom is 0.271 e. The molecule has 0 radical (unpaired) electrons. The summed E-state index contributed by atoms with van der Waals surface area (Å²) in [6.07, 6.45) is 0. The fraction of sp³-hybridized carbons (Fsp3) is 0.300. The first-order valence-electron chi connectivity index (χ1n) is 4.79. The highest BCUT2D eigenvalue weighted by molar-refractivity contribution is 9.09. The molecular formula is C10H11BrN2O4. The molecule has 0 saturated heterocycles. The first-order chi connectivity index (χ1) is 8.04. The minimum Gasteiger partial charge on any atom is -0.491 e. The number of carbonyl (C=O) groups is 1. The molecule has 1 N–H and O–H groups in total. The summed E-state index contributed by atoms with van der Waals surface area (Å²) in [5.74, 6) is 0.0967. The second kappa shape index (κ2) is 6.19. The van der Waals surface area contributed by atoms with E-state index in [1.54, 1.807) is 0 Å². The summed E-state index contributed by atoms with van der Waals surface area (Å²) >= 11 is 3.20. The lowest BCUT2D eigenvalue weighted by Crippen LogP contribution is -2.09. The molecule has 1 aromatic rings. The van der Waals surface area contributed by atoms with E-state index < -0.39 is 4.92 Å². The van der Waals surface area contributed by atoms with Gasteiger partial charge >= 0.3 is 0 Å². The van der Waals surface area contributed by atoms with E-state index in [4.69, 9.17) is 4.74 Å². The average Bonchev–Trinajstić information content (AvgIpc) is 2.26. The maximum atomic E-state index is 11.0. The number of nitro groups is 1. The molecule has 0 unspecified atom stereocenters. The topological polar surface area (TPSA) is 81.5 Å². The molecule has 7 heteroatoms. The summed E-state index contributed by atoms with van der Waals surface area (Å²) in [5.41, 5.74) is 0.201. The molecule has 17 heavy (non-hydrogen) atoms. The third kappa shape index (κ3) is 4.03. The van der Waals surface area contributed by atoms with Crippen molar-refractivity contribution in [2.24, 2.45) is 0 Å².